The summed E-state index contributed by atoms with van der Waals surface area (Å²) in [5.41, 5.74) is -0.380. The Balaban J connectivity index is 0.000000363. The maximum Gasteiger partial charge on any atom is 0.336 e. The molecular formula is C24H34O8. The fraction of sp³-hybridized carbons (Fsp3) is 0.583. The Morgan fingerprint density at radius 1 is 0.781 bits per heavy atom. The van der Waals surface area contributed by atoms with Crippen LogP contribution in [0, 0.1) is 23.7 Å². The number of carbonyl (C=O) groups excluding carboxylic acids is 2. The van der Waals surface area contributed by atoms with Crippen LogP contribution in [0.15, 0.2) is 24.3 Å². The molecule has 8 heteroatoms. The molecule has 1 saturated carbocycles. The molecule has 178 valence electrons. The first-order valence-corrected chi connectivity index (χ1v) is 10.9. The second-order valence-corrected chi connectivity index (χ2v) is 8.70. The molecule has 1 fully saturated rings. The van der Waals surface area contributed by atoms with E-state index in [9.17, 15) is 19.2 Å². The third-order valence-electron chi connectivity index (χ3n) is 4.88. The van der Waals surface area contributed by atoms with Gasteiger partial charge in [0.2, 0.25) is 0 Å². The van der Waals surface area contributed by atoms with E-state index in [-0.39, 0.29) is 34.9 Å². The van der Waals surface area contributed by atoms with Gasteiger partial charge < -0.3 is 19.7 Å². The van der Waals surface area contributed by atoms with Gasteiger partial charge in [-0.2, -0.15) is 0 Å². The molecule has 32 heavy (non-hydrogen) atoms. The molecule has 0 aliphatic heterocycles. The standard InChI is InChI=1S/C16H28O4.C8H6O4/c1-11(2)9-19-15(17)13-7-5-6-8-14(13)16(18)20-10-12(3)4;9-7(10)5-3-1-2-4-6(5)8(11)12/h11-14H,5-10H2,1-4H3;1-4H,(H,9,10)(H,11,12). The van der Waals surface area contributed by atoms with Gasteiger partial charge >= 0.3 is 23.9 Å². The largest absolute Gasteiger partial charge is 0.478 e. The molecule has 2 rings (SSSR count). The minimum absolute atomic E-state index is 0.190. The normalized spacial score (nSPS) is 17.8. The summed E-state index contributed by atoms with van der Waals surface area (Å²) >= 11 is 0. The van der Waals surface area contributed by atoms with Gasteiger partial charge in [0.15, 0.2) is 0 Å². The van der Waals surface area contributed by atoms with Crippen LogP contribution in [0.4, 0.5) is 0 Å². The van der Waals surface area contributed by atoms with Gasteiger partial charge in [0.05, 0.1) is 36.2 Å². The lowest BCUT2D eigenvalue weighted by Crippen LogP contribution is -2.35. The zero-order chi connectivity index (χ0) is 24.3. The van der Waals surface area contributed by atoms with Crippen LogP contribution in [0.5, 0.6) is 0 Å². The van der Waals surface area contributed by atoms with Crippen molar-refractivity contribution in [3.8, 4) is 0 Å². The quantitative estimate of drug-likeness (QED) is 0.562. The Bertz CT molecular complexity index is 719. The van der Waals surface area contributed by atoms with Gasteiger partial charge in [0.25, 0.3) is 0 Å². The number of aromatic carboxylic acids is 2. The van der Waals surface area contributed by atoms with Crippen LogP contribution in [0.2, 0.25) is 0 Å². The zero-order valence-corrected chi connectivity index (χ0v) is 19.2. The van der Waals surface area contributed by atoms with Crippen molar-refractivity contribution in [3.63, 3.8) is 0 Å². The van der Waals surface area contributed by atoms with E-state index in [1.807, 2.05) is 27.7 Å². The predicted molar refractivity (Wildman–Crippen MR) is 117 cm³/mol. The number of hydrogen-bond donors (Lipinski definition) is 2. The Kier molecular flexibility index (Phi) is 11.4. The number of hydrogen-bond acceptors (Lipinski definition) is 6. The monoisotopic (exact) mass is 450 g/mol. The molecule has 0 bridgehead atoms. The molecule has 0 radical (unpaired) electrons. The van der Waals surface area contributed by atoms with E-state index in [2.05, 4.69) is 0 Å². The van der Waals surface area contributed by atoms with Crippen molar-refractivity contribution in [2.45, 2.75) is 53.4 Å². The zero-order valence-electron chi connectivity index (χ0n) is 19.2. The lowest BCUT2D eigenvalue weighted by Gasteiger charge is -2.28. The van der Waals surface area contributed by atoms with Gasteiger partial charge in [-0.05, 0) is 36.8 Å². The third kappa shape index (κ3) is 9.08. The summed E-state index contributed by atoms with van der Waals surface area (Å²) in [6, 6.07) is 5.48. The Hall–Kier alpha value is -2.90. The van der Waals surface area contributed by atoms with E-state index in [4.69, 9.17) is 19.7 Å². The number of carboxylic acids is 2. The Morgan fingerprint density at radius 2 is 1.12 bits per heavy atom. The van der Waals surface area contributed by atoms with Crippen molar-refractivity contribution >= 4 is 23.9 Å². The van der Waals surface area contributed by atoms with E-state index in [0.29, 0.717) is 25.0 Å². The summed E-state index contributed by atoms with van der Waals surface area (Å²) in [5, 5.41) is 17.1. The van der Waals surface area contributed by atoms with Crippen LogP contribution < -0.4 is 0 Å². The lowest BCUT2D eigenvalue weighted by atomic mass is 9.79. The van der Waals surface area contributed by atoms with E-state index in [0.717, 1.165) is 25.7 Å². The van der Waals surface area contributed by atoms with Gasteiger partial charge in [0.1, 0.15) is 0 Å². The maximum absolute atomic E-state index is 12.1. The Morgan fingerprint density at radius 3 is 1.41 bits per heavy atom. The molecule has 2 N–H and O–H groups in total. The van der Waals surface area contributed by atoms with Crippen LogP contribution in [0.25, 0.3) is 0 Å². The van der Waals surface area contributed by atoms with Gasteiger partial charge in [-0.1, -0.05) is 52.7 Å². The molecule has 8 nitrogen and oxygen atoms in total. The summed E-state index contributed by atoms with van der Waals surface area (Å²) in [6.45, 7) is 8.85. The smallest absolute Gasteiger partial charge is 0.336 e. The van der Waals surface area contributed by atoms with Gasteiger partial charge in [-0.3, -0.25) is 9.59 Å². The van der Waals surface area contributed by atoms with Crippen LogP contribution in [-0.4, -0.2) is 47.3 Å². The average molecular weight is 451 g/mol. The SMILES string of the molecule is CC(C)COC(=O)C1CCCCC1C(=O)OCC(C)C.O=C(O)c1ccccc1C(=O)O. The summed E-state index contributed by atoms with van der Waals surface area (Å²) < 4.78 is 10.6. The van der Waals surface area contributed by atoms with Crippen molar-refractivity contribution in [2.24, 2.45) is 23.7 Å². The molecule has 0 amide bonds. The molecule has 1 aliphatic rings. The van der Waals surface area contributed by atoms with Crippen LogP contribution in [0.3, 0.4) is 0 Å². The first-order valence-electron chi connectivity index (χ1n) is 10.9. The van der Waals surface area contributed by atoms with Crippen molar-refractivity contribution in [1.29, 1.82) is 0 Å². The minimum Gasteiger partial charge on any atom is -0.478 e. The molecule has 0 aromatic heterocycles. The van der Waals surface area contributed by atoms with E-state index in [1.165, 1.54) is 24.3 Å². The molecular weight excluding hydrogens is 416 g/mol. The molecule has 0 spiro atoms. The predicted octanol–water partition coefficient (Wildman–Crippen LogP) is 4.27. The number of ether oxygens (including phenoxy) is 2. The van der Waals surface area contributed by atoms with Crippen molar-refractivity contribution in [2.75, 3.05) is 13.2 Å². The number of carbonyl (C=O) groups is 4. The highest BCUT2D eigenvalue weighted by Gasteiger charge is 2.37. The highest BCUT2D eigenvalue weighted by atomic mass is 16.5. The highest BCUT2D eigenvalue weighted by Crippen LogP contribution is 2.32. The molecule has 2 unspecified atom stereocenters. The van der Waals surface area contributed by atoms with Crippen molar-refractivity contribution in [1.82, 2.24) is 0 Å². The second-order valence-electron chi connectivity index (χ2n) is 8.70. The van der Waals surface area contributed by atoms with E-state index in [1.54, 1.807) is 0 Å². The molecule has 0 heterocycles. The van der Waals surface area contributed by atoms with E-state index < -0.39 is 11.9 Å². The first-order chi connectivity index (χ1) is 15.0. The molecule has 2 atom stereocenters. The van der Waals surface area contributed by atoms with Gasteiger partial charge in [-0.25, -0.2) is 9.59 Å². The summed E-state index contributed by atoms with van der Waals surface area (Å²) in [7, 11) is 0. The first kappa shape index (κ1) is 27.1. The van der Waals surface area contributed by atoms with Crippen molar-refractivity contribution in [3.05, 3.63) is 35.4 Å². The van der Waals surface area contributed by atoms with E-state index >= 15 is 0 Å². The maximum atomic E-state index is 12.1. The number of rotatable bonds is 8. The summed E-state index contributed by atoms with van der Waals surface area (Å²) in [5.74, 6) is -2.93. The lowest BCUT2D eigenvalue weighted by molar-refractivity contribution is -0.164. The number of carboxylic acid groups (broad SMARTS) is 2. The van der Waals surface area contributed by atoms with Gasteiger partial charge in [0, 0.05) is 0 Å². The average Bonchev–Trinajstić information content (AvgIpc) is 2.76. The fourth-order valence-corrected chi connectivity index (χ4v) is 3.26. The van der Waals surface area contributed by atoms with Crippen LogP contribution in [0.1, 0.15) is 74.1 Å². The van der Waals surface area contributed by atoms with Crippen molar-refractivity contribution < 1.29 is 38.9 Å². The third-order valence-corrected chi connectivity index (χ3v) is 4.88. The second kappa shape index (κ2) is 13.5. The van der Waals surface area contributed by atoms with Crippen LogP contribution >= 0.6 is 0 Å². The fourth-order valence-electron chi connectivity index (χ4n) is 3.26. The highest BCUT2D eigenvalue weighted by molar-refractivity contribution is 6.01. The molecule has 1 aromatic rings. The number of benzene rings is 1. The molecule has 1 aromatic carbocycles. The summed E-state index contributed by atoms with van der Waals surface area (Å²) in [6.07, 6.45) is 3.43. The Labute approximate surface area is 188 Å². The topological polar surface area (TPSA) is 127 Å². The van der Waals surface area contributed by atoms with Gasteiger partial charge in [-0.15, -0.1) is 0 Å². The minimum atomic E-state index is -1.23. The van der Waals surface area contributed by atoms with Crippen LogP contribution in [-0.2, 0) is 19.1 Å². The number of esters is 2. The molecule has 0 saturated heterocycles. The summed E-state index contributed by atoms with van der Waals surface area (Å²) in [4.78, 5) is 45.2. The molecule has 1 aliphatic carbocycles.